The van der Waals surface area contributed by atoms with Gasteiger partial charge in [0.25, 0.3) is 0 Å². The summed E-state index contributed by atoms with van der Waals surface area (Å²) in [6.45, 7) is 6.14. The van der Waals surface area contributed by atoms with Gasteiger partial charge < -0.3 is 5.32 Å². The molecule has 2 aromatic rings. The molecular weight excluding hydrogens is 226 g/mol. The molecule has 0 bridgehead atoms. The number of aryl methyl sites for hydroxylation is 2. The largest absolute Gasteiger partial charge is 0.305 e. The maximum absolute atomic E-state index is 4.40. The van der Waals surface area contributed by atoms with Crippen LogP contribution < -0.4 is 5.32 Å². The molecule has 0 aliphatic heterocycles. The summed E-state index contributed by atoms with van der Waals surface area (Å²) < 4.78 is 3.90. The fourth-order valence-corrected chi connectivity index (χ4v) is 2.14. The van der Waals surface area contributed by atoms with E-state index < -0.39 is 0 Å². The minimum absolute atomic E-state index is 0.160. The molecule has 0 fully saturated rings. The smallest absolute Gasteiger partial charge is 0.0778 e. The third-order valence-electron chi connectivity index (χ3n) is 3.00. The molecular formula is C13H21N5. The van der Waals surface area contributed by atoms with E-state index in [0.717, 1.165) is 25.2 Å². The second kappa shape index (κ2) is 5.82. The van der Waals surface area contributed by atoms with Crippen molar-refractivity contribution in [2.75, 3.05) is 6.54 Å². The van der Waals surface area contributed by atoms with Gasteiger partial charge in [-0.05, 0) is 19.0 Å². The normalized spacial score (nSPS) is 12.8. The van der Waals surface area contributed by atoms with Gasteiger partial charge >= 0.3 is 0 Å². The van der Waals surface area contributed by atoms with Crippen LogP contribution in [0.5, 0.6) is 0 Å². The van der Waals surface area contributed by atoms with Crippen LogP contribution in [0.25, 0.3) is 0 Å². The Morgan fingerprint density at radius 3 is 2.78 bits per heavy atom. The lowest BCUT2D eigenvalue weighted by molar-refractivity contribution is 0.568. The first kappa shape index (κ1) is 12.8. The molecule has 0 aliphatic carbocycles. The molecule has 0 aromatic carbocycles. The molecule has 1 N–H and O–H groups in total. The van der Waals surface area contributed by atoms with Gasteiger partial charge in [0.15, 0.2) is 0 Å². The minimum atomic E-state index is 0.160. The van der Waals surface area contributed by atoms with Crippen molar-refractivity contribution in [3.8, 4) is 0 Å². The van der Waals surface area contributed by atoms with Crippen molar-refractivity contribution in [2.45, 2.75) is 32.9 Å². The van der Waals surface area contributed by atoms with Crippen molar-refractivity contribution < 1.29 is 0 Å². The summed E-state index contributed by atoms with van der Waals surface area (Å²) in [4.78, 5) is 0. The second-order valence-electron chi connectivity index (χ2n) is 4.41. The number of aromatic nitrogens is 4. The Morgan fingerprint density at radius 2 is 2.17 bits per heavy atom. The highest BCUT2D eigenvalue weighted by molar-refractivity contribution is 5.23. The second-order valence-corrected chi connectivity index (χ2v) is 4.41. The van der Waals surface area contributed by atoms with Crippen LogP contribution in [-0.2, 0) is 13.6 Å². The van der Waals surface area contributed by atoms with E-state index in [1.165, 1.54) is 5.56 Å². The molecule has 0 saturated carbocycles. The Balaban J connectivity index is 2.26. The molecule has 0 aliphatic rings. The predicted octanol–water partition coefficient (Wildman–Crippen LogP) is 1.73. The summed E-state index contributed by atoms with van der Waals surface area (Å²) in [6, 6.07) is 2.21. The summed E-state index contributed by atoms with van der Waals surface area (Å²) in [5.41, 5.74) is 2.35. The monoisotopic (exact) mass is 247 g/mol. The molecule has 2 aromatic heterocycles. The number of nitrogens with one attached hydrogen (secondary N) is 1. The molecule has 0 amide bonds. The highest BCUT2D eigenvalue weighted by atomic mass is 15.3. The SMILES string of the molecule is CCCn1cc(C(NCC)c2ccnn2C)cn1. The molecule has 1 atom stereocenters. The number of rotatable bonds is 6. The van der Waals surface area contributed by atoms with Crippen LogP contribution in [-0.4, -0.2) is 26.1 Å². The molecule has 1 unspecified atom stereocenters. The van der Waals surface area contributed by atoms with Crippen LogP contribution in [0.2, 0.25) is 0 Å². The zero-order chi connectivity index (χ0) is 13.0. The van der Waals surface area contributed by atoms with Gasteiger partial charge in [0.2, 0.25) is 0 Å². The van der Waals surface area contributed by atoms with Crippen LogP contribution >= 0.6 is 0 Å². The van der Waals surface area contributed by atoms with Gasteiger partial charge in [-0.2, -0.15) is 10.2 Å². The zero-order valence-corrected chi connectivity index (χ0v) is 11.3. The van der Waals surface area contributed by atoms with Gasteiger partial charge in [-0.3, -0.25) is 9.36 Å². The fraction of sp³-hybridized carbons (Fsp3) is 0.538. The molecule has 18 heavy (non-hydrogen) atoms. The third kappa shape index (κ3) is 2.61. The number of hydrogen-bond acceptors (Lipinski definition) is 3. The Morgan fingerprint density at radius 1 is 1.33 bits per heavy atom. The molecule has 0 spiro atoms. The van der Waals surface area contributed by atoms with Gasteiger partial charge in [-0.25, -0.2) is 0 Å². The molecule has 0 saturated heterocycles. The summed E-state index contributed by atoms with van der Waals surface area (Å²) in [7, 11) is 1.97. The fourth-order valence-electron chi connectivity index (χ4n) is 2.14. The Kier molecular flexibility index (Phi) is 4.15. The predicted molar refractivity (Wildman–Crippen MR) is 71.2 cm³/mol. The lowest BCUT2D eigenvalue weighted by Gasteiger charge is -2.16. The summed E-state index contributed by atoms with van der Waals surface area (Å²) in [5.74, 6) is 0. The maximum Gasteiger partial charge on any atom is 0.0778 e. The Labute approximate surface area is 108 Å². The first-order valence-corrected chi connectivity index (χ1v) is 6.49. The quantitative estimate of drug-likeness (QED) is 0.845. The van der Waals surface area contributed by atoms with Crippen molar-refractivity contribution in [1.29, 1.82) is 0 Å². The van der Waals surface area contributed by atoms with E-state index in [1.54, 1.807) is 0 Å². The molecule has 2 heterocycles. The zero-order valence-electron chi connectivity index (χ0n) is 11.3. The van der Waals surface area contributed by atoms with Crippen molar-refractivity contribution >= 4 is 0 Å². The van der Waals surface area contributed by atoms with Gasteiger partial charge in [0.05, 0.1) is 17.9 Å². The Bertz CT molecular complexity index is 485. The highest BCUT2D eigenvalue weighted by Gasteiger charge is 2.17. The number of hydrogen-bond donors (Lipinski definition) is 1. The topological polar surface area (TPSA) is 47.7 Å². The Hall–Kier alpha value is -1.62. The van der Waals surface area contributed by atoms with Crippen LogP contribution in [0.15, 0.2) is 24.7 Å². The summed E-state index contributed by atoms with van der Waals surface area (Å²) in [5, 5.41) is 12.1. The van der Waals surface area contributed by atoms with E-state index in [0.29, 0.717) is 0 Å². The van der Waals surface area contributed by atoms with Crippen molar-refractivity contribution in [3.05, 3.63) is 35.9 Å². The standard InChI is InChI=1S/C13H21N5/c1-4-8-18-10-11(9-16-18)13(14-5-2)12-6-7-15-17(12)3/h6-7,9-10,13-14H,4-5,8H2,1-3H3. The minimum Gasteiger partial charge on any atom is -0.305 e. The van der Waals surface area contributed by atoms with E-state index in [2.05, 4.69) is 35.6 Å². The van der Waals surface area contributed by atoms with E-state index in [-0.39, 0.29) is 6.04 Å². The van der Waals surface area contributed by atoms with Crippen LogP contribution in [0.4, 0.5) is 0 Å². The summed E-state index contributed by atoms with van der Waals surface area (Å²) >= 11 is 0. The van der Waals surface area contributed by atoms with Crippen LogP contribution in [0.3, 0.4) is 0 Å². The average molecular weight is 247 g/mol. The highest BCUT2D eigenvalue weighted by Crippen LogP contribution is 2.20. The van der Waals surface area contributed by atoms with E-state index in [9.17, 15) is 0 Å². The molecule has 98 valence electrons. The summed E-state index contributed by atoms with van der Waals surface area (Å²) in [6.07, 6.45) is 6.98. The lowest BCUT2D eigenvalue weighted by atomic mass is 10.1. The first-order chi connectivity index (χ1) is 8.76. The van der Waals surface area contributed by atoms with Gasteiger partial charge in [0.1, 0.15) is 0 Å². The van der Waals surface area contributed by atoms with Gasteiger partial charge in [-0.15, -0.1) is 0 Å². The third-order valence-corrected chi connectivity index (χ3v) is 3.00. The maximum atomic E-state index is 4.40. The van der Waals surface area contributed by atoms with Crippen molar-refractivity contribution in [2.24, 2.45) is 7.05 Å². The molecule has 2 rings (SSSR count). The van der Waals surface area contributed by atoms with Crippen LogP contribution in [0.1, 0.15) is 37.6 Å². The van der Waals surface area contributed by atoms with E-state index in [4.69, 9.17) is 0 Å². The average Bonchev–Trinajstić information content (AvgIpc) is 2.96. The van der Waals surface area contributed by atoms with E-state index in [1.807, 2.05) is 34.9 Å². The first-order valence-electron chi connectivity index (χ1n) is 6.49. The van der Waals surface area contributed by atoms with Gasteiger partial charge in [0, 0.05) is 31.5 Å². The van der Waals surface area contributed by atoms with Crippen molar-refractivity contribution in [3.63, 3.8) is 0 Å². The van der Waals surface area contributed by atoms with E-state index >= 15 is 0 Å². The number of nitrogens with zero attached hydrogens (tertiary/aromatic N) is 4. The molecule has 5 heteroatoms. The van der Waals surface area contributed by atoms with Crippen LogP contribution in [0, 0.1) is 0 Å². The van der Waals surface area contributed by atoms with Crippen molar-refractivity contribution in [1.82, 2.24) is 24.9 Å². The van der Waals surface area contributed by atoms with Gasteiger partial charge in [-0.1, -0.05) is 13.8 Å². The molecule has 5 nitrogen and oxygen atoms in total. The lowest BCUT2D eigenvalue weighted by Crippen LogP contribution is -2.23. The molecule has 0 radical (unpaired) electrons.